The minimum absolute atomic E-state index is 0. The first kappa shape index (κ1) is 34.8. The number of alkyl halides is 3. The first-order valence-electron chi connectivity index (χ1n) is 9.03. The van der Waals surface area contributed by atoms with Crippen molar-refractivity contribution >= 4 is 0 Å². The van der Waals surface area contributed by atoms with Crippen LogP contribution in [0.1, 0.15) is 11.1 Å². The van der Waals surface area contributed by atoms with Crippen LogP contribution >= 0.6 is 0 Å². The molecule has 0 saturated carbocycles. The van der Waals surface area contributed by atoms with Gasteiger partial charge >= 0.3 is 6.18 Å². The molecule has 4 N–H and O–H groups in total. The van der Waals surface area contributed by atoms with Crippen LogP contribution in [0.3, 0.4) is 0 Å². The van der Waals surface area contributed by atoms with Gasteiger partial charge in [-0.1, -0.05) is 24.3 Å². The van der Waals surface area contributed by atoms with Gasteiger partial charge in [0, 0.05) is 64.2 Å². The Balaban J connectivity index is 0. The molecular weight excluding hydrogens is 828 g/mol. The zero-order valence-corrected chi connectivity index (χ0v) is 22.7. The molecule has 192 valence electrons. The van der Waals surface area contributed by atoms with E-state index in [1.54, 1.807) is 12.3 Å². The third-order valence-electron chi connectivity index (χ3n) is 4.10. The van der Waals surface area contributed by atoms with Crippen LogP contribution in [0.4, 0.5) is 22.0 Å². The first-order valence-corrected chi connectivity index (χ1v) is 9.03. The van der Waals surface area contributed by atoms with Crippen LogP contribution in [0.25, 0.3) is 22.5 Å². The largest absolute Gasteiger partial charge is 0.417 e. The van der Waals surface area contributed by atoms with Crippen LogP contribution in [0.5, 0.6) is 0 Å². The molecule has 2 aromatic heterocycles. The Morgan fingerprint density at radius 1 is 0.657 bits per heavy atom. The summed E-state index contributed by atoms with van der Waals surface area (Å²) >= 11 is 0. The Labute approximate surface area is 226 Å². The fourth-order valence-electron chi connectivity index (χ4n) is 2.48. The van der Waals surface area contributed by atoms with E-state index in [4.69, 9.17) is 0 Å². The summed E-state index contributed by atoms with van der Waals surface area (Å²) in [6.07, 6.45) is -1.88. The molecule has 0 atom stereocenters. The molecule has 0 fully saturated rings. The third kappa shape index (κ3) is 10.4. The summed E-state index contributed by atoms with van der Waals surface area (Å²) < 4.78 is 62.1. The standard InChI is InChI=1S/C12H6F4N.C12H9FN.2Ir.2H2O/c13-10-4-1-8(2-5-10)11-6-3-9(7-17-11)12(14,15)16;1-9-2-7-12(14-8-9)10-3-5-11(13)6-4-10;;;;/h1,3-7H;2-3,5-8H,1H3;;;2*1H2/q2*-1;;;;. The van der Waals surface area contributed by atoms with Crippen molar-refractivity contribution in [3.05, 3.63) is 108 Å². The Kier molecular flexibility index (Phi) is 15.5. The van der Waals surface area contributed by atoms with Gasteiger partial charge in [-0.3, -0.25) is 8.78 Å². The fraction of sp³-hybridized carbons (Fsp3) is 0.0833. The summed E-state index contributed by atoms with van der Waals surface area (Å²) in [5.74, 6) is -0.735. The second-order valence-corrected chi connectivity index (χ2v) is 6.49. The van der Waals surface area contributed by atoms with Crippen LogP contribution in [0.2, 0.25) is 0 Å². The third-order valence-corrected chi connectivity index (χ3v) is 4.10. The summed E-state index contributed by atoms with van der Waals surface area (Å²) in [7, 11) is 0. The maximum Gasteiger partial charge on any atom is 0.417 e. The number of halogens is 5. The Morgan fingerprint density at radius 3 is 1.43 bits per heavy atom. The minimum Gasteiger partial charge on any atom is -0.412 e. The van der Waals surface area contributed by atoms with Crippen LogP contribution in [-0.4, -0.2) is 20.9 Å². The normalized spacial score (nSPS) is 9.66. The van der Waals surface area contributed by atoms with Crippen molar-refractivity contribution in [3.63, 3.8) is 0 Å². The molecule has 0 saturated heterocycles. The number of rotatable bonds is 2. The van der Waals surface area contributed by atoms with E-state index < -0.39 is 17.6 Å². The van der Waals surface area contributed by atoms with E-state index >= 15 is 0 Å². The van der Waals surface area contributed by atoms with E-state index in [0.717, 1.165) is 35.2 Å². The monoisotopic (exact) mass is 848 g/mol. The number of nitrogens with zero attached hydrogens (tertiary/aromatic N) is 2. The van der Waals surface area contributed by atoms with Gasteiger partial charge in [0.1, 0.15) is 0 Å². The number of aromatic nitrogens is 2. The summed E-state index contributed by atoms with van der Waals surface area (Å²) in [6, 6.07) is 19.6. The van der Waals surface area contributed by atoms with Gasteiger partial charge in [0.05, 0.1) is 5.56 Å². The molecule has 0 unspecified atom stereocenters. The molecule has 2 aromatic carbocycles. The summed E-state index contributed by atoms with van der Waals surface area (Å²) in [4.78, 5) is 7.90. The molecule has 0 aliphatic rings. The second kappa shape index (κ2) is 15.6. The van der Waals surface area contributed by atoms with E-state index in [1.807, 2.05) is 19.1 Å². The molecular formula is C24H19F5Ir2N2O2-2. The van der Waals surface area contributed by atoms with Gasteiger partial charge < -0.3 is 20.9 Å². The van der Waals surface area contributed by atoms with Gasteiger partial charge in [0.15, 0.2) is 0 Å². The van der Waals surface area contributed by atoms with Crippen molar-refractivity contribution in [2.75, 3.05) is 0 Å². The zero-order valence-electron chi connectivity index (χ0n) is 17.9. The number of aryl methyl sites for hydroxylation is 1. The van der Waals surface area contributed by atoms with E-state index in [-0.39, 0.29) is 57.0 Å². The summed E-state index contributed by atoms with van der Waals surface area (Å²) in [5.41, 5.74) is 2.68. The first-order chi connectivity index (χ1) is 14.7. The smallest absolute Gasteiger partial charge is 0.412 e. The molecule has 0 amide bonds. The molecule has 0 aliphatic heterocycles. The Hall–Kier alpha value is -2.39. The molecule has 4 aromatic rings. The van der Waals surface area contributed by atoms with Crippen LogP contribution in [0.15, 0.2) is 73.1 Å². The summed E-state index contributed by atoms with van der Waals surface area (Å²) in [5, 5.41) is 0. The van der Waals surface area contributed by atoms with Gasteiger partial charge in [0.25, 0.3) is 0 Å². The van der Waals surface area contributed by atoms with E-state index in [2.05, 4.69) is 22.1 Å². The van der Waals surface area contributed by atoms with Crippen molar-refractivity contribution < 1.29 is 73.1 Å². The summed E-state index contributed by atoms with van der Waals surface area (Å²) in [6.45, 7) is 1.98. The maximum atomic E-state index is 12.6. The second-order valence-electron chi connectivity index (χ2n) is 6.49. The average Bonchev–Trinajstić information content (AvgIpc) is 2.75. The van der Waals surface area contributed by atoms with Gasteiger partial charge in [-0.25, -0.2) is 0 Å². The quantitative estimate of drug-likeness (QED) is 0.209. The fourth-order valence-corrected chi connectivity index (χ4v) is 2.48. The predicted octanol–water partition coefficient (Wildman–Crippen LogP) is 5.05. The van der Waals surface area contributed by atoms with Crippen LogP contribution in [0, 0.1) is 30.7 Å². The van der Waals surface area contributed by atoms with Crippen molar-refractivity contribution in [2.24, 2.45) is 0 Å². The van der Waals surface area contributed by atoms with E-state index in [9.17, 15) is 22.0 Å². The molecule has 11 heteroatoms. The van der Waals surface area contributed by atoms with Gasteiger partial charge in [-0.15, -0.1) is 59.7 Å². The molecule has 4 nitrogen and oxygen atoms in total. The van der Waals surface area contributed by atoms with Gasteiger partial charge in [0.2, 0.25) is 0 Å². The molecule has 35 heavy (non-hydrogen) atoms. The number of pyridine rings is 2. The van der Waals surface area contributed by atoms with E-state index in [0.29, 0.717) is 11.3 Å². The Morgan fingerprint density at radius 2 is 1.11 bits per heavy atom. The van der Waals surface area contributed by atoms with Crippen molar-refractivity contribution in [2.45, 2.75) is 13.1 Å². The van der Waals surface area contributed by atoms with Crippen LogP contribution in [-0.2, 0) is 46.4 Å². The topological polar surface area (TPSA) is 88.8 Å². The SMILES string of the molecule is Cc1ccc(-c2[c-]cc(F)cc2)nc1.Fc1c[c-]c(-c2ccc(C(F)(F)F)cn2)cc1.O.O.[Ir].[Ir]. The Bertz CT molecular complexity index is 1080. The van der Waals surface area contributed by atoms with Gasteiger partial charge in [-0.2, -0.15) is 13.2 Å². The molecule has 4 rings (SSSR count). The molecule has 0 bridgehead atoms. The number of hydrogen-bond donors (Lipinski definition) is 0. The molecule has 0 spiro atoms. The molecule has 2 heterocycles. The minimum atomic E-state index is -4.40. The van der Waals surface area contributed by atoms with Crippen molar-refractivity contribution in [1.29, 1.82) is 0 Å². The maximum absolute atomic E-state index is 12.6. The predicted molar refractivity (Wildman–Crippen MR) is 114 cm³/mol. The van der Waals surface area contributed by atoms with Crippen LogP contribution < -0.4 is 0 Å². The zero-order chi connectivity index (χ0) is 22.4. The number of hydrogen-bond acceptors (Lipinski definition) is 2. The molecule has 0 aliphatic carbocycles. The average molecular weight is 847 g/mol. The van der Waals surface area contributed by atoms with Crippen molar-refractivity contribution in [1.82, 2.24) is 9.97 Å². The van der Waals surface area contributed by atoms with E-state index in [1.165, 1.54) is 30.3 Å². The molecule has 2 radical (unpaired) electrons. The van der Waals surface area contributed by atoms with Crippen molar-refractivity contribution in [3.8, 4) is 22.5 Å². The van der Waals surface area contributed by atoms with Gasteiger partial charge in [-0.05, 0) is 23.9 Å². The number of benzene rings is 2.